The second kappa shape index (κ2) is 13.0. The molecule has 11 rings (SSSR count). The molecular formula is C51H32N4O. The van der Waals surface area contributed by atoms with Crippen LogP contribution in [-0.4, -0.2) is 19.5 Å². The molecule has 0 bridgehead atoms. The van der Waals surface area contributed by atoms with E-state index in [-0.39, 0.29) is 0 Å². The molecule has 0 saturated heterocycles. The molecule has 8 aromatic carbocycles. The van der Waals surface area contributed by atoms with Crippen LogP contribution in [0.25, 0.3) is 106 Å². The van der Waals surface area contributed by atoms with E-state index in [1.807, 2.05) is 72.8 Å². The highest BCUT2D eigenvalue weighted by Crippen LogP contribution is 2.43. The Balaban J connectivity index is 1.15. The molecule has 0 unspecified atom stereocenters. The maximum Gasteiger partial charge on any atom is 0.164 e. The Morgan fingerprint density at radius 3 is 1.61 bits per heavy atom. The van der Waals surface area contributed by atoms with E-state index in [0.717, 1.165) is 66.5 Å². The van der Waals surface area contributed by atoms with Crippen LogP contribution in [0.15, 0.2) is 199 Å². The average Bonchev–Trinajstić information content (AvgIpc) is 3.83. The van der Waals surface area contributed by atoms with Crippen molar-refractivity contribution in [1.29, 1.82) is 0 Å². The first-order valence-corrected chi connectivity index (χ1v) is 18.8. The Morgan fingerprint density at radius 1 is 0.339 bits per heavy atom. The molecule has 0 fully saturated rings. The summed E-state index contributed by atoms with van der Waals surface area (Å²) < 4.78 is 8.92. The van der Waals surface area contributed by atoms with Gasteiger partial charge in [0.15, 0.2) is 17.5 Å². The molecule has 3 aromatic heterocycles. The van der Waals surface area contributed by atoms with Gasteiger partial charge in [-0.2, -0.15) is 0 Å². The summed E-state index contributed by atoms with van der Waals surface area (Å²) in [7, 11) is 0. The first-order valence-electron chi connectivity index (χ1n) is 18.8. The third kappa shape index (κ3) is 5.29. The number of rotatable bonds is 6. The van der Waals surface area contributed by atoms with Crippen molar-refractivity contribution >= 4 is 43.7 Å². The van der Waals surface area contributed by atoms with E-state index in [2.05, 4.69) is 126 Å². The summed E-state index contributed by atoms with van der Waals surface area (Å²) in [4.78, 5) is 15.1. The molecule has 0 amide bonds. The molecule has 0 N–H and O–H groups in total. The predicted octanol–water partition coefficient (Wildman–Crippen LogP) is 13.2. The van der Waals surface area contributed by atoms with Gasteiger partial charge in [0.2, 0.25) is 0 Å². The first-order chi connectivity index (χ1) is 27.8. The lowest BCUT2D eigenvalue weighted by Gasteiger charge is -2.10. The van der Waals surface area contributed by atoms with Crippen LogP contribution in [-0.2, 0) is 0 Å². The summed E-state index contributed by atoms with van der Waals surface area (Å²) >= 11 is 0. The van der Waals surface area contributed by atoms with Crippen LogP contribution < -0.4 is 0 Å². The van der Waals surface area contributed by atoms with Crippen molar-refractivity contribution in [2.75, 3.05) is 0 Å². The van der Waals surface area contributed by atoms with Gasteiger partial charge in [-0.05, 0) is 70.8 Å². The minimum absolute atomic E-state index is 0.595. The fraction of sp³-hybridized carbons (Fsp3) is 0. The molecule has 0 aliphatic heterocycles. The Morgan fingerprint density at radius 2 is 0.911 bits per heavy atom. The predicted molar refractivity (Wildman–Crippen MR) is 229 cm³/mol. The summed E-state index contributed by atoms with van der Waals surface area (Å²) in [6, 6.07) is 67.5. The molecule has 56 heavy (non-hydrogen) atoms. The fourth-order valence-corrected chi connectivity index (χ4v) is 8.09. The fourth-order valence-electron chi connectivity index (χ4n) is 8.09. The molecule has 0 aliphatic rings. The molecule has 0 atom stereocenters. The quantitative estimate of drug-likeness (QED) is 0.172. The number of aromatic nitrogens is 4. The number of hydrogen-bond acceptors (Lipinski definition) is 4. The number of nitrogens with zero attached hydrogens (tertiary/aromatic N) is 4. The van der Waals surface area contributed by atoms with Gasteiger partial charge < -0.3 is 8.98 Å². The standard InChI is InChI=1S/C51H32N4O/c1-5-15-33(16-6-1)36-27-29-43-41(31-36)47-39(23-13-25-44(47)55(43)38-21-11-4-12-22-38)37-28-30-45-42(32-37)48-40(24-14-26-46(48)56-45)51-53-49(34-17-7-2-8-18-34)52-50(54-51)35-19-9-3-10-20-35/h1-32H. The molecule has 3 heterocycles. The lowest BCUT2D eigenvalue weighted by atomic mass is 9.96. The molecule has 0 aliphatic carbocycles. The van der Waals surface area contributed by atoms with Crippen molar-refractivity contribution in [2.24, 2.45) is 0 Å². The maximum atomic E-state index is 6.54. The van der Waals surface area contributed by atoms with Crippen molar-refractivity contribution in [3.63, 3.8) is 0 Å². The van der Waals surface area contributed by atoms with E-state index >= 15 is 0 Å². The minimum Gasteiger partial charge on any atom is -0.456 e. The van der Waals surface area contributed by atoms with Crippen molar-refractivity contribution < 1.29 is 4.42 Å². The largest absolute Gasteiger partial charge is 0.456 e. The molecule has 11 aromatic rings. The second-order valence-corrected chi connectivity index (χ2v) is 14.0. The highest BCUT2D eigenvalue weighted by atomic mass is 16.3. The van der Waals surface area contributed by atoms with E-state index in [0.29, 0.717) is 17.5 Å². The summed E-state index contributed by atoms with van der Waals surface area (Å²) in [6.45, 7) is 0. The minimum atomic E-state index is 0.595. The zero-order chi connectivity index (χ0) is 37.0. The smallest absolute Gasteiger partial charge is 0.164 e. The third-order valence-electron chi connectivity index (χ3n) is 10.7. The summed E-state index contributed by atoms with van der Waals surface area (Å²) in [5.74, 6) is 1.84. The number of para-hydroxylation sites is 1. The molecule has 5 heteroatoms. The van der Waals surface area contributed by atoms with Gasteiger partial charge in [-0.15, -0.1) is 0 Å². The molecular weight excluding hydrogens is 685 g/mol. The third-order valence-corrected chi connectivity index (χ3v) is 10.7. The van der Waals surface area contributed by atoms with Gasteiger partial charge in [0.05, 0.1) is 11.0 Å². The zero-order valence-corrected chi connectivity index (χ0v) is 30.2. The van der Waals surface area contributed by atoms with Crippen molar-refractivity contribution in [1.82, 2.24) is 19.5 Å². The van der Waals surface area contributed by atoms with E-state index in [1.54, 1.807) is 0 Å². The van der Waals surface area contributed by atoms with Crippen LogP contribution in [0.4, 0.5) is 0 Å². The van der Waals surface area contributed by atoms with Crippen molar-refractivity contribution in [3.05, 3.63) is 194 Å². The van der Waals surface area contributed by atoms with Crippen LogP contribution in [0.2, 0.25) is 0 Å². The van der Waals surface area contributed by atoms with E-state index in [9.17, 15) is 0 Å². The Hall–Kier alpha value is -7.63. The lowest BCUT2D eigenvalue weighted by Crippen LogP contribution is -2.00. The Bertz CT molecular complexity index is 3170. The van der Waals surface area contributed by atoms with Crippen LogP contribution in [0, 0.1) is 0 Å². The molecule has 0 radical (unpaired) electrons. The van der Waals surface area contributed by atoms with Gasteiger partial charge in [-0.25, -0.2) is 15.0 Å². The Labute approximate surface area is 322 Å². The Kier molecular flexibility index (Phi) is 7.42. The highest BCUT2D eigenvalue weighted by Gasteiger charge is 2.21. The number of furan rings is 1. The normalized spacial score (nSPS) is 11.6. The maximum absolute atomic E-state index is 6.54. The van der Waals surface area contributed by atoms with E-state index in [1.165, 1.54) is 21.9 Å². The summed E-state index contributed by atoms with van der Waals surface area (Å²) in [5.41, 5.74) is 12.4. The van der Waals surface area contributed by atoms with E-state index in [4.69, 9.17) is 19.4 Å². The lowest BCUT2D eigenvalue weighted by molar-refractivity contribution is 0.669. The van der Waals surface area contributed by atoms with Gasteiger partial charge >= 0.3 is 0 Å². The van der Waals surface area contributed by atoms with Crippen LogP contribution in [0.3, 0.4) is 0 Å². The topological polar surface area (TPSA) is 56.7 Å². The number of fused-ring (bicyclic) bond motifs is 6. The van der Waals surface area contributed by atoms with Crippen LogP contribution in [0.5, 0.6) is 0 Å². The monoisotopic (exact) mass is 716 g/mol. The van der Waals surface area contributed by atoms with E-state index < -0.39 is 0 Å². The molecule has 5 nitrogen and oxygen atoms in total. The SMILES string of the molecule is c1ccc(-c2ccc3c(c2)c2c(-c4ccc5oc6cccc(-c7nc(-c8ccccc8)nc(-c8ccccc8)n7)c6c5c4)cccc2n3-c2ccccc2)cc1. The average molecular weight is 717 g/mol. The van der Waals surface area contributed by atoms with Gasteiger partial charge in [0.1, 0.15) is 11.2 Å². The van der Waals surface area contributed by atoms with Gasteiger partial charge in [-0.3, -0.25) is 0 Å². The summed E-state index contributed by atoms with van der Waals surface area (Å²) in [6.07, 6.45) is 0. The van der Waals surface area contributed by atoms with Gasteiger partial charge in [-0.1, -0.05) is 146 Å². The van der Waals surface area contributed by atoms with Gasteiger partial charge in [0.25, 0.3) is 0 Å². The van der Waals surface area contributed by atoms with Crippen molar-refractivity contribution in [2.45, 2.75) is 0 Å². The zero-order valence-electron chi connectivity index (χ0n) is 30.2. The number of hydrogen-bond donors (Lipinski definition) is 0. The summed E-state index contributed by atoms with van der Waals surface area (Å²) in [5, 5.41) is 4.38. The first kappa shape index (κ1) is 31.9. The molecule has 0 saturated carbocycles. The highest BCUT2D eigenvalue weighted by molar-refractivity contribution is 6.18. The van der Waals surface area contributed by atoms with Crippen LogP contribution >= 0.6 is 0 Å². The van der Waals surface area contributed by atoms with Crippen molar-refractivity contribution in [3.8, 4) is 62.1 Å². The molecule has 262 valence electrons. The molecule has 0 spiro atoms. The van der Waals surface area contributed by atoms with Crippen LogP contribution in [0.1, 0.15) is 0 Å². The number of benzene rings is 8. The second-order valence-electron chi connectivity index (χ2n) is 14.0. The van der Waals surface area contributed by atoms with Gasteiger partial charge in [0, 0.05) is 43.9 Å².